The van der Waals surface area contributed by atoms with Gasteiger partial charge in [-0.25, -0.2) is 4.79 Å². The molecule has 2 aromatic carbocycles. The van der Waals surface area contributed by atoms with Crippen LogP contribution in [0.1, 0.15) is 23.0 Å². The average molecular weight is 466 g/mol. The lowest BCUT2D eigenvalue weighted by atomic mass is 10.1. The Kier molecular flexibility index (Phi) is 6.57. The number of carbonyl (C=O) groups is 2. The summed E-state index contributed by atoms with van der Waals surface area (Å²) in [6.45, 7) is 1.76. The number of rotatable bonds is 6. The number of esters is 1. The molecule has 0 unspecified atom stereocenters. The molecule has 1 heterocycles. The van der Waals surface area contributed by atoms with Gasteiger partial charge in [0.2, 0.25) is 11.7 Å². The summed E-state index contributed by atoms with van der Waals surface area (Å²) in [6.07, 6.45) is 2.34. The molecular formula is C20H14Cl2FN3O5. The van der Waals surface area contributed by atoms with Gasteiger partial charge in [0.05, 0.1) is 22.2 Å². The zero-order valence-electron chi connectivity index (χ0n) is 15.9. The highest BCUT2D eigenvalue weighted by molar-refractivity contribution is 6.39. The number of benzene rings is 2. The van der Waals surface area contributed by atoms with Crippen LogP contribution in [-0.2, 0) is 9.53 Å². The fourth-order valence-electron chi connectivity index (χ4n) is 2.89. The van der Waals surface area contributed by atoms with Crippen LogP contribution in [-0.4, -0.2) is 28.4 Å². The van der Waals surface area contributed by atoms with Crippen molar-refractivity contribution in [1.29, 1.82) is 0 Å². The van der Waals surface area contributed by atoms with Crippen LogP contribution < -0.4 is 5.32 Å². The van der Waals surface area contributed by atoms with E-state index >= 15 is 0 Å². The second kappa shape index (κ2) is 9.15. The number of hydrogen-bond donors (Lipinski definition) is 2. The van der Waals surface area contributed by atoms with Gasteiger partial charge in [-0.1, -0.05) is 29.3 Å². The van der Waals surface area contributed by atoms with Gasteiger partial charge in [0.1, 0.15) is 5.69 Å². The number of nitro benzene ring substituents is 1. The summed E-state index contributed by atoms with van der Waals surface area (Å²) in [5.41, 5.74) is -0.369. The van der Waals surface area contributed by atoms with Crippen LogP contribution in [0.3, 0.4) is 0 Å². The van der Waals surface area contributed by atoms with E-state index in [9.17, 15) is 24.1 Å². The van der Waals surface area contributed by atoms with Gasteiger partial charge in [0, 0.05) is 33.6 Å². The summed E-state index contributed by atoms with van der Waals surface area (Å²) in [5, 5.41) is 14.1. The molecular weight excluding hydrogens is 452 g/mol. The van der Waals surface area contributed by atoms with Gasteiger partial charge in [-0.2, -0.15) is 4.39 Å². The lowest BCUT2D eigenvalue weighted by Gasteiger charge is -2.04. The molecule has 11 heteroatoms. The number of carbonyl (C=O) groups excluding carboxylic acids is 2. The quantitative estimate of drug-likeness (QED) is 0.220. The first kappa shape index (κ1) is 22.3. The minimum atomic E-state index is -1.17. The number of H-pyrrole nitrogens is 1. The molecule has 2 N–H and O–H groups in total. The minimum absolute atomic E-state index is 0.0478. The average Bonchev–Trinajstić information content (AvgIpc) is 3.06. The maximum Gasteiger partial charge on any atom is 0.355 e. The Labute approximate surface area is 184 Å². The largest absolute Gasteiger partial charge is 0.461 e. The highest BCUT2D eigenvalue weighted by atomic mass is 35.5. The lowest BCUT2D eigenvalue weighted by molar-refractivity contribution is -0.387. The number of fused-ring (bicyclic) bond motifs is 1. The number of ether oxygens (including phenoxy) is 1. The standard InChI is InChI=1S/C20H14Cl2FN3O5/c1-2-31-20(28)19-11(17-12(22)8-10(21)9-14(17)25-19)6-7-16(27)24-13-4-3-5-15(18(13)23)26(29)30/h3-9,25H,2H2,1H3,(H,24,27)/b7-6+. The molecule has 0 saturated heterocycles. The van der Waals surface area contributed by atoms with Crippen molar-refractivity contribution >= 4 is 63.4 Å². The Balaban J connectivity index is 1.98. The molecule has 0 atom stereocenters. The van der Waals surface area contributed by atoms with Crippen molar-refractivity contribution < 1.29 is 23.6 Å². The fraction of sp³-hybridized carbons (Fsp3) is 0.100. The van der Waals surface area contributed by atoms with Crippen LogP contribution in [0.4, 0.5) is 15.8 Å². The maximum absolute atomic E-state index is 14.2. The van der Waals surface area contributed by atoms with Gasteiger partial charge in [-0.15, -0.1) is 0 Å². The van der Waals surface area contributed by atoms with Crippen molar-refractivity contribution in [3.63, 3.8) is 0 Å². The van der Waals surface area contributed by atoms with Crippen LogP contribution in [0.15, 0.2) is 36.4 Å². The zero-order chi connectivity index (χ0) is 22.7. The first-order valence-electron chi connectivity index (χ1n) is 8.82. The lowest BCUT2D eigenvalue weighted by Crippen LogP contribution is -2.10. The van der Waals surface area contributed by atoms with E-state index in [1.54, 1.807) is 13.0 Å². The van der Waals surface area contributed by atoms with E-state index in [-0.39, 0.29) is 28.6 Å². The molecule has 0 fully saturated rings. The van der Waals surface area contributed by atoms with E-state index in [0.29, 0.717) is 15.9 Å². The minimum Gasteiger partial charge on any atom is -0.461 e. The van der Waals surface area contributed by atoms with Crippen LogP contribution >= 0.6 is 23.2 Å². The third-order valence-corrected chi connectivity index (χ3v) is 4.68. The molecule has 1 amide bonds. The second-order valence-electron chi connectivity index (χ2n) is 6.16. The third-order valence-electron chi connectivity index (χ3n) is 4.17. The number of halogens is 3. The van der Waals surface area contributed by atoms with Gasteiger partial charge in [-0.3, -0.25) is 14.9 Å². The molecule has 0 saturated carbocycles. The van der Waals surface area contributed by atoms with Crippen LogP contribution in [0.25, 0.3) is 17.0 Å². The molecule has 3 aromatic rings. The summed E-state index contributed by atoms with van der Waals surface area (Å²) < 4.78 is 19.2. The Bertz CT molecular complexity index is 1240. The van der Waals surface area contributed by atoms with Crippen LogP contribution in [0.5, 0.6) is 0 Å². The number of nitrogens with zero attached hydrogens (tertiary/aromatic N) is 1. The number of nitro groups is 1. The smallest absolute Gasteiger partial charge is 0.355 e. The van der Waals surface area contributed by atoms with Gasteiger partial charge < -0.3 is 15.0 Å². The van der Waals surface area contributed by atoms with Crippen LogP contribution in [0.2, 0.25) is 10.0 Å². The summed E-state index contributed by atoms with van der Waals surface area (Å²) in [6, 6.07) is 6.43. The fourth-order valence-corrected chi connectivity index (χ4v) is 3.49. The van der Waals surface area contributed by atoms with Gasteiger partial charge in [0.25, 0.3) is 0 Å². The van der Waals surface area contributed by atoms with Crippen molar-refractivity contribution in [2.24, 2.45) is 0 Å². The van der Waals surface area contributed by atoms with E-state index < -0.39 is 28.3 Å². The monoisotopic (exact) mass is 465 g/mol. The molecule has 3 rings (SSSR count). The van der Waals surface area contributed by atoms with Gasteiger partial charge >= 0.3 is 11.7 Å². The number of hydrogen-bond acceptors (Lipinski definition) is 5. The van der Waals surface area contributed by atoms with Crippen molar-refractivity contribution in [3.05, 3.63) is 73.6 Å². The van der Waals surface area contributed by atoms with Gasteiger partial charge in [0.15, 0.2) is 0 Å². The van der Waals surface area contributed by atoms with Crippen molar-refractivity contribution in [1.82, 2.24) is 4.98 Å². The number of aromatic amines is 1. The molecule has 0 aliphatic heterocycles. The summed E-state index contributed by atoms with van der Waals surface area (Å²) in [4.78, 5) is 37.5. The molecule has 160 valence electrons. The summed E-state index contributed by atoms with van der Waals surface area (Å²) >= 11 is 12.3. The second-order valence-corrected chi connectivity index (χ2v) is 7.01. The molecule has 0 spiro atoms. The SMILES string of the molecule is CCOC(=O)c1[nH]c2cc(Cl)cc(Cl)c2c1/C=C/C(=O)Nc1cccc([N+](=O)[O-])c1F. The number of aromatic nitrogens is 1. The molecule has 8 nitrogen and oxygen atoms in total. The predicted octanol–water partition coefficient (Wildman–Crippen LogP) is 5.35. The van der Waals surface area contributed by atoms with E-state index in [1.165, 1.54) is 24.3 Å². The molecule has 0 bridgehead atoms. The number of nitrogens with one attached hydrogen (secondary N) is 2. The molecule has 31 heavy (non-hydrogen) atoms. The highest BCUT2D eigenvalue weighted by Crippen LogP contribution is 2.33. The summed E-state index contributed by atoms with van der Waals surface area (Å²) in [7, 11) is 0. The Morgan fingerprint density at radius 3 is 2.74 bits per heavy atom. The first-order valence-corrected chi connectivity index (χ1v) is 9.58. The molecule has 0 aliphatic carbocycles. The Morgan fingerprint density at radius 2 is 2.06 bits per heavy atom. The Morgan fingerprint density at radius 1 is 1.32 bits per heavy atom. The van der Waals surface area contributed by atoms with Crippen molar-refractivity contribution in [3.8, 4) is 0 Å². The van der Waals surface area contributed by atoms with Crippen molar-refractivity contribution in [2.45, 2.75) is 6.92 Å². The van der Waals surface area contributed by atoms with E-state index in [2.05, 4.69) is 10.3 Å². The Hall–Kier alpha value is -3.43. The number of anilines is 1. The normalized spacial score (nSPS) is 11.1. The molecule has 1 aromatic heterocycles. The third kappa shape index (κ3) is 4.68. The predicted molar refractivity (Wildman–Crippen MR) is 115 cm³/mol. The zero-order valence-corrected chi connectivity index (χ0v) is 17.4. The number of amides is 1. The highest BCUT2D eigenvalue weighted by Gasteiger charge is 2.21. The summed E-state index contributed by atoms with van der Waals surface area (Å²) in [5.74, 6) is -2.63. The van der Waals surface area contributed by atoms with E-state index in [1.807, 2.05) is 0 Å². The van der Waals surface area contributed by atoms with Crippen molar-refractivity contribution in [2.75, 3.05) is 11.9 Å². The topological polar surface area (TPSA) is 114 Å². The maximum atomic E-state index is 14.2. The van der Waals surface area contributed by atoms with Gasteiger partial charge in [-0.05, 0) is 31.2 Å². The van der Waals surface area contributed by atoms with E-state index in [0.717, 1.165) is 12.1 Å². The first-order chi connectivity index (χ1) is 14.7. The van der Waals surface area contributed by atoms with Crippen LogP contribution in [0, 0.1) is 15.9 Å². The van der Waals surface area contributed by atoms with E-state index in [4.69, 9.17) is 27.9 Å². The molecule has 0 radical (unpaired) electrons. The molecule has 0 aliphatic rings.